The first-order valence-electron chi connectivity index (χ1n) is 7.07. The second-order valence-electron chi connectivity index (χ2n) is 4.60. The minimum atomic E-state index is 0.0300. The zero-order chi connectivity index (χ0) is 15.5. The van der Waals surface area contributed by atoms with Crippen LogP contribution in [0, 0.1) is 0 Å². The number of nitrogens with two attached hydrogens (primary N) is 1. The van der Waals surface area contributed by atoms with Crippen molar-refractivity contribution in [2.75, 3.05) is 6.54 Å². The van der Waals surface area contributed by atoms with Gasteiger partial charge in [-0.2, -0.15) is 5.10 Å². The maximum atomic E-state index is 11.8. The molecule has 0 radical (unpaired) electrons. The van der Waals surface area contributed by atoms with Gasteiger partial charge in [-0.25, -0.2) is 0 Å². The quantitative estimate of drug-likeness (QED) is 0.297. The number of hydrogen-bond acceptors (Lipinski definition) is 3. The Bertz CT molecular complexity index is 488. The summed E-state index contributed by atoms with van der Waals surface area (Å²) in [6, 6.07) is 9.66. The van der Waals surface area contributed by atoms with Crippen molar-refractivity contribution >= 4 is 28.9 Å². The van der Waals surface area contributed by atoms with E-state index < -0.39 is 0 Å². The Balaban J connectivity index is 2.60. The standard InChI is InChI=1S/C15H22N4OS/c1-2-3-11-17-14(20)10-9-13(18-19-15(16)21)12-7-5-4-6-8-12/h4-8H,2-3,9-11H2,1H3,(H,17,20)(H3,16,19,21)/b18-13+. The first kappa shape index (κ1) is 17.1. The van der Waals surface area contributed by atoms with E-state index in [1.54, 1.807) is 0 Å². The van der Waals surface area contributed by atoms with E-state index in [0.29, 0.717) is 12.8 Å². The van der Waals surface area contributed by atoms with Gasteiger partial charge in [-0.15, -0.1) is 0 Å². The van der Waals surface area contributed by atoms with Crippen LogP contribution in [0.4, 0.5) is 0 Å². The molecule has 0 bridgehead atoms. The molecule has 0 fully saturated rings. The second-order valence-corrected chi connectivity index (χ2v) is 5.04. The molecule has 1 aromatic carbocycles. The maximum absolute atomic E-state index is 11.8. The van der Waals surface area contributed by atoms with Crippen LogP contribution >= 0.6 is 12.2 Å². The van der Waals surface area contributed by atoms with Gasteiger partial charge in [0.15, 0.2) is 5.11 Å². The minimum absolute atomic E-state index is 0.0300. The van der Waals surface area contributed by atoms with Crippen molar-refractivity contribution in [1.29, 1.82) is 0 Å². The highest BCUT2D eigenvalue weighted by Gasteiger charge is 2.07. The van der Waals surface area contributed by atoms with Crippen LogP contribution in [0.1, 0.15) is 38.2 Å². The molecule has 1 aromatic rings. The number of thiocarbonyl (C=S) groups is 1. The molecule has 0 saturated heterocycles. The number of hydrazone groups is 1. The van der Waals surface area contributed by atoms with E-state index in [-0.39, 0.29) is 11.0 Å². The van der Waals surface area contributed by atoms with E-state index >= 15 is 0 Å². The van der Waals surface area contributed by atoms with Gasteiger partial charge in [0, 0.05) is 19.4 Å². The Morgan fingerprint density at radius 3 is 2.62 bits per heavy atom. The number of carbonyl (C=O) groups is 1. The van der Waals surface area contributed by atoms with Gasteiger partial charge in [0.2, 0.25) is 5.91 Å². The predicted octanol–water partition coefficient (Wildman–Crippen LogP) is 1.92. The molecule has 6 heteroatoms. The Morgan fingerprint density at radius 2 is 2.00 bits per heavy atom. The largest absolute Gasteiger partial charge is 0.375 e. The van der Waals surface area contributed by atoms with E-state index in [1.807, 2.05) is 30.3 Å². The van der Waals surface area contributed by atoms with Crippen LogP contribution in [0.3, 0.4) is 0 Å². The molecule has 21 heavy (non-hydrogen) atoms. The SMILES string of the molecule is CCCCNC(=O)CC/C(=N\NC(N)=S)c1ccccc1. The predicted molar refractivity (Wildman–Crippen MR) is 90.1 cm³/mol. The fraction of sp³-hybridized carbons (Fsp3) is 0.400. The number of amides is 1. The molecular formula is C15H22N4OS. The number of carbonyl (C=O) groups excluding carboxylic acids is 1. The molecule has 0 aromatic heterocycles. The highest BCUT2D eigenvalue weighted by Crippen LogP contribution is 2.06. The smallest absolute Gasteiger partial charge is 0.220 e. The molecule has 0 unspecified atom stereocenters. The lowest BCUT2D eigenvalue weighted by atomic mass is 10.1. The van der Waals surface area contributed by atoms with Crippen molar-refractivity contribution in [3.05, 3.63) is 35.9 Å². The van der Waals surface area contributed by atoms with E-state index in [9.17, 15) is 4.79 Å². The summed E-state index contributed by atoms with van der Waals surface area (Å²) in [6.45, 7) is 2.81. The van der Waals surface area contributed by atoms with Crippen molar-refractivity contribution in [2.45, 2.75) is 32.6 Å². The third-order valence-electron chi connectivity index (χ3n) is 2.85. The fourth-order valence-corrected chi connectivity index (χ4v) is 1.79. The summed E-state index contributed by atoms with van der Waals surface area (Å²) in [5, 5.41) is 7.18. The van der Waals surface area contributed by atoms with Crippen LogP contribution < -0.4 is 16.5 Å². The number of nitrogens with one attached hydrogen (secondary N) is 2. The maximum Gasteiger partial charge on any atom is 0.220 e. The van der Waals surface area contributed by atoms with Crippen LogP contribution in [-0.2, 0) is 4.79 Å². The first-order chi connectivity index (χ1) is 10.1. The summed E-state index contributed by atoms with van der Waals surface area (Å²) in [7, 11) is 0. The molecule has 0 aliphatic rings. The summed E-state index contributed by atoms with van der Waals surface area (Å²) >= 11 is 4.75. The number of rotatable bonds is 8. The van der Waals surface area contributed by atoms with Crippen LogP contribution in [0.15, 0.2) is 35.4 Å². The Kier molecular flexibility index (Phi) is 8.04. The van der Waals surface area contributed by atoms with Gasteiger partial charge in [-0.05, 0) is 24.2 Å². The molecule has 0 saturated carbocycles. The van der Waals surface area contributed by atoms with Gasteiger partial charge >= 0.3 is 0 Å². The topological polar surface area (TPSA) is 79.5 Å². The fourth-order valence-electron chi connectivity index (χ4n) is 1.74. The van der Waals surface area contributed by atoms with Crippen LogP contribution in [0.2, 0.25) is 0 Å². The molecule has 0 atom stereocenters. The van der Waals surface area contributed by atoms with Crippen molar-refractivity contribution < 1.29 is 4.79 Å². The van der Waals surface area contributed by atoms with Gasteiger partial charge in [-0.3, -0.25) is 10.2 Å². The summed E-state index contributed by atoms with van der Waals surface area (Å²) < 4.78 is 0. The second kappa shape index (κ2) is 9.88. The van der Waals surface area contributed by atoms with Gasteiger partial charge in [0.1, 0.15) is 0 Å². The van der Waals surface area contributed by atoms with Gasteiger partial charge in [0.05, 0.1) is 5.71 Å². The third-order valence-corrected chi connectivity index (χ3v) is 2.94. The zero-order valence-electron chi connectivity index (χ0n) is 12.3. The normalized spacial score (nSPS) is 11.0. The average Bonchev–Trinajstić information content (AvgIpc) is 2.48. The van der Waals surface area contributed by atoms with E-state index in [4.69, 9.17) is 18.0 Å². The molecule has 0 heterocycles. The van der Waals surface area contributed by atoms with E-state index in [2.05, 4.69) is 22.8 Å². The van der Waals surface area contributed by atoms with Gasteiger partial charge in [-0.1, -0.05) is 43.7 Å². The van der Waals surface area contributed by atoms with Crippen molar-refractivity contribution in [3.8, 4) is 0 Å². The summed E-state index contributed by atoms with van der Waals surface area (Å²) in [5.41, 5.74) is 9.68. The molecule has 114 valence electrons. The molecule has 0 aliphatic heterocycles. The Morgan fingerprint density at radius 1 is 1.29 bits per heavy atom. The van der Waals surface area contributed by atoms with Crippen molar-refractivity contribution in [2.24, 2.45) is 10.8 Å². The molecule has 1 amide bonds. The van der Waals surface area contributed by atoms with Crippen molar-refractivity contribution in [3.63, 3.8) is 0 Å². The summed E-state index contributed by atoms with van der Waals surface area (Å²) in [4.78, 5) is 11.8. The monoisotopic (exact) mass is 306 g/mol. The van der Waals surface area contributed by atoms with Gasteiger partial charge in [0.25, 0.3) is 0 Å². The van der Waals surface area contributed by atoms with Crippen LogP contribution in [0.25, 0.3) is 0 Å². The highest BCUT2D eigenvalue weighted by molar-refractivity contribution is 7.80. The lowest BCUT2D eigenvalue weighted by Gasteiger charge is -2.08. The summed E-state index contributed by atoms with van der Waals surface area (Å²) in [6.07, 6.45) is 2.97. The average molecular weight is 306 g/mol. The molecular weight excluding hydrogens is 284 g/mol. The molecule has 0 spiro atoms. The van der Waals surface area contributed by atoms with E-state index in [0.717, 1.165) is 30.7 Å². The van der Waals surface area contributed by atoms with Crippen molar-refractivity contribution in [1.82, 2.24) is 10.7 Å². The zero-order valence-corrected chi connectivity index (χ0v) is 13.1. The van der Waals surface area contributed by atoms with Crippen LogP contribution in [0.5, 0.6) is 0 Å². The lowest BCUT2D eigenvalue weighted by molar-refractivity contribution is -0.120. The number of nitrogens with zero attached hydrogens (tertiary/aromatic N) is 1. The van der Waals surface area contributed by atoms with E-state index in [1.165, 1.54) is 0 Å². The molecule has 0 aliphatic carbocycles. The molecule has 5 nitrogen and oxygen atoms in total. The highest BCUT2D eigenvalue weighted by atomic mass is 32.1. The third kappa shape index (κ3) is 7.41. The Labute approximate surface area is 131 Å². The van der Waals surface area contributed by atoms with Crippen LogP contribution in [-0.4, -0.2) is 23.3 Å². The molecule has 1 rings (SSSR count). The number of hydrogen-bond donors (Lipinski definition) is 3. The summed E-state index contributed by atoms with van der Waals surface area (Å²) in [5.74, 6) is 0.0300. The minimum Gasteiger partial charge on any atom is -0.375 e. The molecule has 4 N–H and O–H groups in total. The Hall–Kier alpha value is -1.95. The number of unbranched alkanes of at least 4 members (excludes halogenated alkanes) is 1. The lowest BCUT2D eigenvalue weighted by Crippen LogP contribution is -2.27. The first-order valence-corrected chi connectivity index (χ1v) is 7.48. The number of benzene rings is 1. The van der Waals surface area contributed by atoms with Gasteiger partial charge < -0.3 is 11.1 Å².